The van der Waals surface area contributed by atoms with Gasteiger partial charge in [0, 0.05) is 31.2 Å². The minimum atomic E-state index is -3.61. The molecule has 3 N–H and O–H groups in total. The number of nitrogens with one attached hydrogen (secondary N) is 1. The lowest BCUT2D eigenvalue weighted by Gasteiger charge is -2.28. The molecule has 0 radical (unpaired) electrons. The quantitative estimate of drug-likeness (QED) is 0.837. The van der Waals surface area contributed by atoms with E-state index in [4.69, 9.17) is 5.73 Å². The number of benzene rings is 1. The molecule has 0 saturated heterocycles. The predicted molar refractivity (Wildman–Crippen MR) is 96.0 cm³/mol. The first-order valence-corrected chi connectivity index (χ1v) is 9.50. The summed E-state index contributed by atoms with van der Waals surface area (Å²) in [5.41, 5.74) is 7.02. The van der Waals surface area contributed by atoms with Gasteiger partial charge in [-0.2, -0.15) is 0 Å². The molecule has 134 valence electrons. The van der Waals surface area contributed by atoms with Crippen LogP contribution in [0, 0.1) is 0 Å². The van der Waals surface area contributed by atoms with Crippen molar-refractivity contribution in [3.05, 3.63) is 23.8 Å². The SMILES string of the molecule is CC(=O)N1CCc2cc(S(=O)(=O)NC3(CN)CCCC3)ccc21.Cl. The smallest absolute Gasteiger partial charge is 0.241 e. The molecule has 0 unspecified atom stereocenters. The summed E-state index contributed by atoms with van der Waals surface area (Å²) in [5, 5.41) is 0. The van der Waals surface area contributed by atoms with E-state index in [9.17, 15) is 13.2 Å². The Hall–Kier alpha value is -1.15. The molecule has 1 aromatic carbocycles. The van der Waals surface area contributed by atoms with Gasteiger partial charge in [0.15, 0.2) is 0 Å². The Labute approximate surface area is 149 Å². The molecule has 1 saturated carbocycles. The number of amides is 1. The van der Waals surface area contributed by atoms with E-state index in [2.05, 4.69) is 4.72 Å². The molecular weight excluding hydrogens is 350 g/mol. The topological polar surface area (TPSA) is 92.5 Å². The summed E-state index contributed by atoms with van der Waals surface area (Å²) in [6.45, 7) is 2.44. The van der Waals surface area contributed by atoms with Gasteiger partial charge in [-0.15, -0.1) is 12.4 Å². The van der Waals surface area contributed by atoms with E-state index in [0.29, 0.717) is 19.5 Å². The monoisotopic (exact) mass is 373 g/mol. The number of hydrogen-bond acceptors (Lipinski definition) is 4. The van der Waals surface area contributed by atoms with Crippen molar-refractivity contribution in [1.29, 1.82) is 0 Å². The van der Waals surface area contributed by atoms with Crippen LogP contribution in [0.4, 0.5) is 5.69 Å². The number of carbonyl (C=O) groups excluding carboxylic acids is 1. The zero-order valence-corrected chi connectivity index (χ0v) is 15.4. The van der Waals surface area contributed by atoms with Crippen LogP contribution in [-0.4, -0.2) is 33.0 Å². The molecule has 1 fully saturated rings. The third-order valence-electron chi connectivity index (χ3n) is 4.94. The van der Waals surface area contributed by atoms with Crippen molar-refractivity contribution < 1.29 is 13.2 Å². The van der Waals surface area contributed by atoms with Gasteiger partial charge in [-0.05, 0) is 43.0 Å². The van der Waals surface area contributed by atoms with Gasteiger partial charge in [0.1, 0.15) is 0 Å². The predicted octanol–water partition coefficient (Wildman–Crippen LogP) is 1.57. The fraction of sp³-hybridized carbons (Fsp3) is 0.562. The number of sulfonamides is 1. The maximum absolute atomic E-state index is 12.7. The number of rotatable bonds is 4. The summed E-state index contributed by atoms with van der Waals surface area (Å²) in [5.74, 6) is -0.0227. The highest BCUT2D eigenvalue weighted by Gasteiger charge is 2.37. The number of nitrogens with zero attached hydrogens (tertiary/aromatic N) is 1. The highest BCUT2D eigenvalue weighted by atomic mass is 35.5. The minimum absolute atomic E-state index is 0. The maximum atomic E-state index is 12.7. The zero-order valence-electron chi connectivity index (χ0n) is 13.7. The van der Waals surface area contributed by atoms with Crippen molar-refractivity contribution in [2.24, 2.45) is 5.73 Å². The second kappa shape index (κ2) is 7.00. The molecule has 6 nitrogen and oxygen atoms in total. The Balaban J connectivity index is 0.00000208. The summed E-state index contributed by atoms with van der Waals surface area (Å²) >= 11 is 0. The van der Waals surface area contributed by atoms with E-state index < -0.39 is 15.6 Å². The zero-order chi connectivity index (χ0) is 16.7. The molecule has 1 amide bonds. The molecule has 8 heteroatoms. The lowest BCUT2D eigenvalue weighted by Crippen LogP contribution is -2.51. The van der Waals surface area contributed by atoms with Gasteiger partial charge in [-0.25, -0.2) is 13.1 Å². The number of anilines is 1. The molecule has 1 heterocycles. The molecule has 2 aliphatic rings. The Morgan fingerprint density at radius 2 is 2.00 bits per heavy atom. The average molecular weight is 374 g/mol. The molecule has 0 spiro atoms. The molecule has 0 atom stereocenters. The third kappa shape index (κ3) is 3.44. The van der Waals surface area contributed by atoms with E-state index >= 15 is 0 Å². The van der Waals surface area contributed by atoms with Gasteiger partial charge >= 0.3 is 0 Å². The summed E-state index contributed by atoms with van der Waals surface area (Å²) in [6.07, 6.45) is 4.24. The van der Waals surface area contributed by atoms with Gasteiger partial charge in [0.2, 0.25) is 15.9 Å². The first-order valence-electron chi connectivity index (χ1n) is 8.02. The molecule has 1 aromatic rings. The van der Waals surface area contributed by atoms with Gasteiger partial charge < -0.3 is 10.6 Å². The molecule has 0 aromatic heterocycles. The Kier molecular flexibility index (Phi) is 5.59. The summed E-state index contributed by atoms with van der Waals surface area (Å²) in [4.78, 5) is 13.5. The number of hydrogen-bond donors (Lipinski definition) is 2. The van der Waals surface area contributed by atoms with Gasteiger partial charge in [0.05, 0.1) is 4.90 Å². The number of carbonyl (C=O) groups is 1. The Bertz CT molecular complexity index is 730. The fourth-order valence-electron chi connectivity index (χ4n) is 3.62. The van der Waals surface area contributed by atoms with Crippen molar-refractivity contribution in [3.63, 3.8) is 0 Å². The molecule has 1 aliphatic carbocycles. The van der Waals surface area contributed by atoms with E-state index in [1.165, 1.54) is 6.92 Å². The van der Waals surface area contributed by atoms with Gasteiger partial charge in [0.25, 0.3) is 0 Å². The van der Waals surface area contributed by atoms with Gasteiger partial charge in [-0.1, -0.05) is 12.8 Å². The van der Waals surface area contributed by atoms with E-state index in [1.807, 2.05) is 0 Å². The standard InChI is InChI=1S/C16H23N3O3S.ClH/c1-12(20)19-9-6-13-10-14(4-5-15(13)19)23(21,22)18-16(11-17)7-2-3-8-16;/h4-5,10,18H,2-3,6-9,11,17H2,1H3;1H. The van der Waals surface area contributed by atoms with Gasteiger partial charge in [-0.3, -0.25) is 4.79 Å². The number of nitrogens with two attached hydrogens (primary N) is 1. The van der Waals surface area contributed by atoms with Crippen LogP contribution in [0.2, 0.25) is 0 Å². The van der Waals surface area contributed by atoms with Crippen LogP contribution < -0.4 is 15.4 Å². The van der Waals surface area contributed by atoms with Crippen LogP contribution in [0.3, 0.4) is 0 Å². The maximum Gasteiger partial charge on any atom is 0.241 e. The van der Waals surface area contributed by atoms with E-state index in [1.54, 1.807) is 23.1 Å². The largest absolute Gasteiger partial charge is 0.329 e. The highest BCUT2D eigenvalue weighted by Crippen LogP contribution is 2.33. The van der Waals surface area contributed by atoms with Crippen LogP contribution >= 0.6 is 12.4 Å². The lowest BCUT2D eigenvalue weighted by molar-refractivity contribution is -0.116. The Morgan fingerprint density at radius 1 is 1.33 bits per heavy atom. The number of fused-ring (bicyclic) bond motifs is 1. The van der Waals surface area contributed by atoms with Crippen LogP contribution in [0.5, 0.6) is 0 Å². The van der Waals surface area contributed by atoms with Crippen molar-refractivity contribution in [3.8, 4) is 0 Å². The van der Waals surface area contributed by atoms with Crippen LogP contribution in [0.1, 0.15) is 38.2 Å². The van der Waals surface area contributed by atoms with Crippen molar-refractivity contribution >= 4 is 34.0 Å². The first-order chi connectivity index (χ1) is 10.9. The fourth-order valence-corrected chi connectivity index (χ4v) is 5.14. The molecule has 24 heavy (non-hydrogen) atoms. The van der Waals surface area contributed by atoms with E-state index in [-0.39, 0.29) is 23.2 Å². The molecule has 0 bridgehead atoms. The summed E-state index contributed by atoms with van der Waals surface area (Å²) < 4.78 is 28.3. The Morgan fingerprint density at radius 3 is 2.58 bits per heavy atom. The number of halogens is 1. The lowest BCUT2D eigenvalue weighted by atomic mass is 10.0. The summed E-state index contributed by atoms with van der Waals surface area (Å²) in [7, 11) is -3.61. The van der Waals surface area contributed by atoms with Crippen LogP contribution in [0.25, 0.3) is 0 Å². The molecular formula is C16H24ClN3O3S. The van der Waals surface area contributed by atoms with Crippen LogP contribution in [-0.2, 0) is 21.2 Å². The molecule has 1 aliphatic heterocycles. The third-order valence-corrected chi connectivity index (χ3v) is 6.52. The normalized spacial score (nSPS) is 19.0. The van der Waals surface area contributed by atoms with E-state index in [0.717, 1.165) is 36.9 Å². The highest BCUT2D eigenvalue weighted by molar-refractivity contribution is 7.89. The first kappa shape index (κ1) is 19.2. The van der Waals surface area contributed by atoms with Crippen LogP contribution in [0.15, 0.2) is 23.1 Å². The summed E-state index contributed by atoms with van der Waals surface area (Å²) in [6, 6.07) is 4.98. The van der Waals surface area contributed by atoms with Crippen molar-refractivity contribution in [2.45, 2.75) is 49.5 Å². The second-order valence-corrected chi connectivity index (χ2v) is 8.19. The average Bonchev–Trinajstić information content (AvgIpc) is 3.13. The molecule has 3 rings (SSSR count). The van der Waals surface area contributed by atoms with Crippen molar-refractivity contribution in [2.75, 3.05) is 18.0 Å². The minimum Gasteiger partial charge on any atom is -0.329 e. The second-order valence-electron chi connectivity index (χ2n) is 6.51. The van der Waals surface area contributed by atoms with Crippen molar-refractivity contribution in [1.82, 2.24) is 4.72 Å².